The van der Waals surface area contributed by atoms with Crippen molar-refractivity contribution in [1.82, 2.24) is 0 Å². The van der Waals surface area contributed by atoms with Gasteiger partial charge in [0.05, 0.1) is 6.61 Å². The zero-order valence-electron chi connectivity index (χ0n) is 13.2. The van der Waals surface area contributed by atoms with Crippen LogP contribution < -0.4 is 0 Å². The molecule has 0 aromatic heterocycles. The molecule has 0 heterocycles. The molecule has 2 rings (SSSR count). The van der Waals surface area contributed by atoms with E-state index in [0.717, 1.165) is 35.8 Å². The van der Waals surface area contributed by atoms with E-state index in [9.17, 15) is 9.59 Å². The predicted molar refractivity (Wildman–Crippen MR) is 90.3 cm³/mol. The number of rotatable bonds is 10. The van der Waals surface area contributed by atoms with Crippen LogP contribution in [0.1, 0.15) is 29.5 Å². The van der Waals surface area contributed by atoms with E-state index in [2.05, 4.69) is 0 Å². The summed E-state index contributed by atoms with van der Waals surface area (Å²) in [5, 5.41) is 0. The van der Waals surface area contributed by atoms with Crippen LogP contribution in [-0.4, -0.2) is 18.7 Å². The molecule has 0 aliphatic heterocycles. The van der Waals surface area contributed by atoms with Crippen molar-refractivity contribution < 1.29 is 14.3 Å². The van der Waals surface area contributed by atoms with Crippen molar-refractivity contribution in [3.8, 4) is 0 Å². The number of carbonyl (C=O) groups is 2. The average molecular weight is 310 g/mol. The van der Waals surface area contributed by atoms with Gasteiger partial charge in [0.25, 0.3) is 0 Å². The van der Waals surface area contributed by atoms with E-state index in [1.54, 1.807) is 0 Å². The number of ketones is 1. The number of carbonyl (C=O) groups excluding carboxylic acids is 2. The van der Waals surface area contributed by atoms with Gasteiger partial charge in [-0.15, -0.1) is 0 Å². The second-order valence-electron chi connectivity index (χ2n) is 5.54. The molecular weight excluding hydrogens is 288 g/mol. The molecule has 0 saturated heterocycles. The van der Waals surface area contributed by atoms with Crippen molar-refractivity contribution >= 4 is 12.1 Å². The molecule has 0 unspecified atom stereocenters. The fraction of sp³-hybridized carbons (Fsp3) is 0.300. The number of hydrogen-bond donors (Lipinski definition) is 0. The smallest absolute Gasteiger partial charge is 0.158 e. The quantitative estimate of drug-likeness (QED) is 0.630. The first-order valence-corrected chi connectivity index (χ1v) is 7.93. The molecule has 0 saturated carbocycles. The molecule has 0 spiro atoms. The van der Waals surface area contributed by atoms with Crippen LogP contribution in [0.5, 0.6) is 0 Å². The van der Waals surface area contributed by atoms with Gasteiger partial charge in [-0.25, -0.2) is 0 Å². The predicted octanol–water partition coefficient (Wildman–Crippen LogP) is 3.54. The number of benzene rings is 2. The van der Waals surface area contributed by atoms with Crippen LogP contribution in [0.25, 0.3) is 0 Å². The molecule has 0 aliphatic carbocycles. The molecule has 0 amide bonds. The van der Waals surface area contributed by atoms with Crippen molar-refractivity contribution in [2.45, 2.75) is 32.3 Å². The van der Waals surface area contributed by atoms with Crippen molar-refractivity contribution in [1.29, 1.82) is 0 Å². The Kier molecular flexibility index (Phi) is 7.21. The standard InChI is InChI=1S/C20H22O3/c21-14-4-7-17-8-10-18(11-9-17)12-13-20(22)16-23-15-19-5-2-1-3-6-19/h1-3,5-6,8-11,14H,4,7,12-13,15-16H2. The third-order valence-electron chi connectivity index (χ3n) is 3.64. The van der Waals surface area contributed by atoms with Crippen LogP contribution in [-0.2, 0) is 33.8 Å². The van der Waals surface area contributed by atoms with Crippen molar-refractivity contribution in [2.24, 2.45) is 0 Å². The summed E-state index contributed by atoms with van der Waals surface area (Å²) in [5.41, 5.74) is 3.36. The molecule has 0 N–H and O–H groups in total. The first-order chi connectivity index (χ1) is 11.3. The topological polar surface area (TPSA) is 43.4 Å². The van der Waals surface area contributed by atoms with Crippen molar-refractivity contribution in [3.05, 3.63) is 71.3 Å². The molecule has 2 aromatic carbocycles. The molecule has 0 atom stereocenters. The Morgan fingerprint density at radius 1 is 0.870 bits per heavy atom. The highest BCUT2D eigenvalue weighted by atomic mass is 16.5. The minimum Gasteiger partial charge on any atom is -0.369 e. The zero-order chi connectivity index (χ0) is 16.3. The van der Waals surface area contributed by atoms with Gasteiger partial charge in [-0.2, -0.15) is 0 Å². The van der Waals surface area contributed by atoms with E-state index >= 15 is 0 Å². The van der Waals surface area contributed by atoms with Gasteiger partial charge in [-0.1, -0.05) is 54.6 Å². The second kappa shape index (κ2) is 9.70. The first-order valence-electron chi connectivity index (χ1n) is 7.93. The lowest BCUT2D eigenvalue weighted by Crippen LogP contribution is -2.09. The number of Topliss-reactive ketones (excluding diaryl/α,β-unsaturated/α-hetero) is 1. The SMILES string of the molecule is O=CCCc1ccc(CCC(=O)COCc2ccccc2)cc1. The summed E-state index contributed by atoms with van der Waals surface area (Å²) in [5.74, 6) is 0.117. The molecule has 0 aliphatic rings. The molecular formula is C20H22O3. The van der Waals surface area contributed by atoms with Gasteiger partial charge in [0.15, 0.2) is 5.78 Å². The highest BCUT2D eigenvalue weighted by Gasteiger charge is 2.04. The molecule has 0 radical (unpaired) electrons. The van der Waals surface area contributed by atoms with Gasteiger partial charge in [0.1, 0.15) is 12.9 Å². The fourth-order valence-corrected chi connectivity index (χ4v) is 2.31. The largest absolute Gasteiger partial charge is 0.369 e. The summed E-state index contributed by atoms with van der Waals surface area (Å²) in [6, 6.07) is 17.9. The Balaban J connectivity index is 1.66. The van der Waals surface area contributed by atoms with E-state index < -0.39 is 0 Å². The maximum atomic E-state index is 11.9. The molecule has 3 heteroatoms. The highest BCUT2D eigenvalue weighted by Crippen LogP contribution is 2.09. The van der Waals surface area contributed by atoms with E-state index in [1.807, 2.05) is 54.6 Å². The van der Waals surface area contributed by atoms with E-state index in [4.69, 9.17) is 4.74 Å². The third kappa shape index (κ3) is 6.57. The van der Waals surface area contributed by atoms with Crippen molar-refractivity contribution in [3.63, 3.8) is 0 Å². The van der Waals surface area contributed by atoms with Crippen LogP contribution in [0, 0.1) is 0 Å². The third-order valence-corrected chi connectivity index (χ3v) is 3.64. The monoisotopic (exact) mass is 310 g/mol. The number of aldehydes is 1. The van der Waals surface area contributed by atoms with Crippen LogP contribution in [0.4, 0.5) is 0 Å². The lowest BCUT2D eigenvalue weighted by Gasteiger charge is -2.05. The minimum atomic E-state index is 0.117. The Morgan fingerprint density at radius 3 is 2.17 bits per heavy atom. The Morgan fingerprint density at radius 2 is 1.52 bits per heavy atom. The summed E-state index contributed by atoms with van der Waals surface area (Å²) < 4.78 is 5.45. The Labute approximate surface area is 137 Å². The summed E-state index contributed by atoms with van der Waals surface area (Å²) in [6.07, 6.45) is 3.47. The summed E-state index contributed by atoms with van der Waals surface area (Å²) in [4.78, 5) is 22.2. The van der Waals surface area contributed by atoms with Gasteiger partial charge in [0.2, 0.25) is 0 Å². The van der Waals surface area contributed by atoms with Crippen LogP contribution in [0.2, 0.25) is 0 Å². The average Bonchev–Trinajstić information content (AvgIpc) is 2.60. The van der Waals surface area contributed by atoms with Gasteiger partial charge in [0, 0.05) is 12.8 Å². The zero-order valence-corrected chi connectivity index (χ0v) is 13.2. The van der Waals surface area contributed by atoms with E-state index in [-0.39, 0.29) is 12.4 Å². The number of ether oxygens (including phenoxy) is 1. The number of hydrogen-bond acceptors (Lipinski definition) is 3. The molecule has 120 valence electrons. The van der Waals surface area contributed by atoms with E-state index in [0.29, 0.717) is 19.4 Å². The lowest BCUT2D eigenvalue weighted by atomic mass is 10.0. The second-order valence-corrected chi connectivity index (χ2v) is 5.54. The molecule has 0 fully saturated rings. The molecule has 3 nitrogen and oxygen atoms in total. The maximum absolute atomic E-state index is 11.9. The summed E-state index contributed by atoms with van der Waals surface area (Å²) in [7, 11) is 0. The minimum absolute atomic E-state index is 0.117. The van der Waals surface area contributed by atoms with Gasteiger partial charge in [-0.05, 0) is 29.5 Å². The Hall–Kier alpha value is -2.26. The number of aryl methyl sites for hydroxylation is 2. The fourth-order valence-electron chi connectivity index (χ4n) is 2.31. The van der Waals surface area contributed by atoms with Gasteiger partial charge in [-0.3, -0.25) is 4.79 Å². The normalized spacial score (nSPS) is 10.4. The highest BCUT2D eigenvalue weighted by molar-refractivity contribution is 5.79. The lowest BCUT2D eigenvalue weighted by molar-refractivity contribution is -0.124. The van der Waals surface area contributed by atoms with E-state index in [1.165, 1.54) is 0 Å². The Bertz CT molecular complexity index is 603. The molecule has 2 aromatic rings. The summed E-state index contributed by atoms with van der Waals surface area (Å²) >= 11 is 0. The maximum Gasteiger partial charge on any atom is 0.158 e. The molecule has 23 heavy (non-hydrogen) atoms. The first kappa shape index (κ1) is 17.1. The van der Waals surface area contributed by atoms with Gasteiger partial charge < -0.3 is 9.53 Å². The molecule has 0 bridgehead atoms. The van der Waals surface area contributed by atoms with Crippen molar-refractivity contribution in [2.75, 3.05) is 6.61 Å². The van der Waals surface area contributed by atoms with Crippen LogP contribution in [0.3, 0.4) is 0 Å². The van der Waals surface area contributed by atoms with Gasteiger partial charge >= 0.3 is 0 Å². The van der Waals surface area contributed by atoms with Crippen LogP contribution in [0.15, 0.2) is 54.6 Å². The summed E-state index contributed by atoms with van der Waals surface area (Å²) in [6.45, 7) is 0.629. The van der Waals surface area contributed by atoms with Crippen LogP contribution >= 0.6 is 0 Å².